The third-order valence-electron chi connectivity index (χ3n) is 1.39. The van der Waals surface area contributed by atoms with E-state index >= 15 is 0 Å². The molecule has 0 aliphatic heterocycles. The van der Waals surface area contributed by atoms with Gasteiger partial charge in [-0.1, -0.05) is 23.2 Å². The predicted octanol–water partition coefficient (Wildman–Crippen LogP) is 2.06. The zero-order valence-corrected chi connectivity index (χ0v) is 7.66. The molecule has 12 heavy (non-hydrogen) atoms. The van der Waals surface area contributed by atoms with Crippen molar-refractivity contribution in [3.8, 4) is 5.75 Å². The van der Waals surface area contributed by atoms with Crippen molar-refractivity contribution < 1.29 is 5.11 Å². The van der Waals surface area contributed by atoms with E-state index in [1.54, 1.807) is 13.8 Å². The fourth-order valence-corrected chi connectivity index (χ4v) is 1.11. The number of aromatic nitrogens is 1. The van der Waals surface area contributed by atoms with Gasteiger partial charge < -0.3 is 5.11 Å². The number of aryl methyl sites for hydroxylation is 2. The number of hydrogen-bond acceptors (Lipinski definition) is 2. The number of aromatic hydroxyl groups is 1. The van der Waals surface area contributed by atoms with Crippen LogP contribution in [0.1, 0.15) is 11.4 Å². The van der Waals surface area contributed by atoms with Crippen molar-refractivity contribution in [3.05, 3.63) is 21.4 Å². The van der Waals surface area contributed by atoms with Gasteiger partial charge in [-0.3, -0.25) is 4.98 Å². The molecule has 0 fully saturated rings. The molecule has 0 aliphatic rings. The molecule has 2 nitrogen and oxygen atoms in total. The van der Waals surface area contributed by atoms with Gasteiger partial charge in [0, 0.05) is 0 Å². The van der Waals surface area contributed by atoms with Gasteiger partial charge in [0.15, 0.2) is 5.75 Å². The van der Waals surface area contributed by atoms with E-state index in [2.05, 4.69) is 4.98 Å². The Hall–Kier alpha value is 0.530. The van der Waals surface area contributed by atoms with E-state index in [9.17, 15) is 5.11 Å². The maximum absolute atomic E-state index is 9.26. The standard InChI is InChI=1S/C7H7Cl2NO.Na.H/c1-3-5(8)7(11)6(9)4(2)10-3;;/h1-2H3,(H,10,11);;. The van der Waals surface area contributed by atoms with Crippen molar-refractivity contribution in [2.45, 2.75) is 13.8 Å². The maximum atomic E-state index is 9.26. The van der Waals surface area contributed by atoms with Crippen LogP contribution in [-0.4, -0.2) is 39.6 Å². The molecule has 62 valence electrons. The number of pyridine rings is 1. The second-order valence-corrected chi connectivity index (χ2v) is 3.02. The summed E-state index contributed by atoms with van der Waals surface area (Å²) in [5, 5.41) is 9.71. The van der Waals surface area contributed by atoms with Crippen molar-refractivity contribution in [3.63, 3.8) is 0 Å². The third-order valence-corrected chi connectivity index (χ3v) is 2.29. The van der Waals surface area contributed by atoms with Crippen LogP contribution in [0.2, 0.25) is 10.0 Å². The number of halogens is 2. The molecule has 1 N–H and O–H groups in total. The van der Waals surface area contributed by atoms with E-state index in [-0.39, 0.29) is 45.4 Å². The SMILES string of the molecule is Cc1nc(C)c(Cl)c(O)c1Cl.[NaH]. The summed E-state index contributed by atoms with van der Waals surface area (Å²) in [6, 6.07) is 0. The first-order valence-electron chi connectivity index (χ1n) is 3.05. The Bertz CT molecular complexity index is 278. The van der Waals surface area contributed by atoms with Crippen LogP contribution in [0.15, 0.2) is 0 Å². The molecule has 0 saturated heterocycles. The van der Waals surface area contributed by atoms with Gasteiger partial charge in [0.2, 0.25) is 0 Å². The second kappa shape index (κ2) is 4.68. The van der Waals surface area contributed by atoms with Gasteiger partial charge in [-0.2, -0.15) is 0 Å². The van der Waals surface area contributed by atoms with Gasteiger partial charge in [0.25, 0.3) is 0 Å². The van der Waals surface area contributed by atoms with Crippen LogP contribution in [0.25, 0.3) is 0 Å². The summed E-state index contributed by atoms with van der Waals surface area (Å²) in [5.74, 6) is -0.0849. The first kappa shape index (κ1) is 12.5. The first-order chi connectivity index (χ1) is 5.04. The van der Waals surface area contributed by atoms with Crippen molar-refractivity contribution in [1.29, 1.82) is 0 Å². The molecule has 0 aromatic carbocycles. The Morgan fingerprint density at radius 3 is 1.75 bits per heavy atom. The van der Waals surface area contributed by atoms with Crippen molar-refractivity contribution in [1.82, 2.24) is 4.98 Å². The van der Waals surface area contributed by atoms with Gasteiger partial charge in [-0.15, -0.1) is 0 Å². The van der Waals surface area contributed by atoms with E-state index in [1.807, 2.05) is 0 Å². The minimum atomic E-state index is -0.0849. The van der Waals surface area contributed by atoms with Crippen LogP contribution in [0.4, 0.5) is 0 Å². The van der Waals surface area contributed by atoms with Gasteiger partial charge in [0.05, 0.1) is 11.4 Å². The van der Waals surface area contributed by atoms with Gasteiger partial charge in [-0.05, 0) is 13.8 Å². The normalized spacial score (nSPS) is 9.33. The zero-order valence-electron chi connectivity index (χ0n) is 6.15. The molecular formula is C7H8Cl2NNaO. The molecule has 0 saturated carbocycles. The molecule has 0 spiro atoms. The van der Waals surface area contributed by atoms with Crippen LogP contribution in [0.5, 0.6) is 5.75 Å². The predicted molar refractivity (Wildman–Crippen MR) is 52.5 cm³/mol. The van der Waals surface area contributed by atoms with Gasteiger partial charge >= 0.3 is 29.6 Å². The van der Waals surface area contributed by atoms with Gasteiger partial charge in [-0.25, -0.2) is 0 Å². The summed E-state index contributed by atoms with van der Waals surface area (Å²) in [4.78, 5) is 4.01. The Morgan fingerprint density at radius 1 is 1.08 bits per heavy atom. The fraction of sp³-hybridized carbons (Fsp3) is 0.286. The number of nitrogens with zero attached hydrogens (tertiary/aromatic N) is 1. The van der Waals surface area contributed by atoms with Crippen molar-refractivity contribution in [2.75, 3.05) is 0 Å². The molecule has 0 aliphatic carbocycles. The molecule has 5 heteroatoms. The molecule has 0 atom stereocenters. The van der Waals surface area contributed by atoms with E-state index in [4.69, 9.17) is 23.2 Å². The van der Waals surface area contributed by atoms with E-state index in [0.29, 0.717) is 11.4 Å². The van der Waals surface area contributed by atoms with Crippen LogP contribution in [0, 0.1) is 13.8 Å². The van der Waals surface area contributed by atoms with Gasteiger partial charge in [0.1, 0.15) is 10.0 Å². The summed E-state index contributed by atoms with van der Waals surface area (Å²) in [7, 11) is 0. The fourth-order valence-electron chi connectivity index (χ4n) is 0.789. The quantitative estimate of drug-likeness (QED) is 0.673. The van der Waals surface area contributed by atoms with Crippen molar-refractivity contribution >= 4 is 52.8 Å². The second-order valence-electron chi connectivity index (χ2n) is 2.26. The first-order valence-corrected chi connectivity index (χ1v) is 3.80. The monoisotopic (exact) mass is 215 g/mol. The molecule has 0 bridgehead atoms. The molecule has 0 amide bonds. The summed E-state index contributed by atoms with van der Waals surface area (Å²) >= 11 is 11.3. The van der Waals surface area contributed by atoms with Crippen LogP contribution < -0.4 is 0 Å². The number of rotatable bonds is 0. The Morgan fingerprint density at radius 2 is 1.42 bits per heavy atom. The molecule has 1 heterocycles. The summed E-state index contributed by atoms with van der Waals surface area (Å²) in [6.07, 6.45) is 0. The summed E-state index contributed by atoms with van der Waals surface area (Å²) in [6.45, 7) is 3.43. The molecule has 1 aromatic heterocycles. The van der Waals surface area contributed by atoms with E-state index in [0.717, 1.165) is 0 Å². The average Bonchev–Trinajstić information content (AvgIpc) is 1.97. The Labute approximate surface area is 103 Å². The summed E-state index contributed by atoms with van der Waals surface area (Å²) < 4.78 is 0. The van der Waals surface area contributed by atoms with E-state index < -0.39 is 0 Å². The molecule has 0 radical (unpaired) electrons. The minimum absolute atomic E-state index is 0. The molecule has 0 unspecified atom stereocenters. The Balaban J connectivity index is 0.00000121. The average molecular weight is 216 g/mol. The summed E-state index contributed by atoms with van der Waals surface area (Å²) in [5.41, 5.74) is 1.18. The molecular weight excluding hydrogens is 208 g/mol. The molecule has 1 rings (SSSR count). The topological polar surface area (TPSA) is 33.1 Å². The van der Waals surface area contributed by atoms with Crippen molar-refractivity contribution in [2.24, 2.45) is 0 Å². The Kier molecular flexibility index (Phi) is 4.89. The number of hydrogen-bond donors (Lipinski definition) is 1. The third kappa shape index (κ3) is 2.27. The van der Waals surface area contributed by atoms with E-state index in [1.165, 1.54) is 0 Å². The van der Waals surface area contributed by atoms with Crippen LogP contribution in [0.3, 0.4) is 0 Å². The van der Waals surface area contributed by atoms with Crippen LogP contribution >= 0.6 is 23.2 Å². The zero-order chi connectivity index (χ0) is 8.59. The van der Waals surface area contributed by atoms with Crippen LogP contribution in [-0.2, 0) is 0 Å². The molecule has 1 aromatic rings.